The van der Waals surface area contributed by atoms with Crippen LogP contribution in [0.1, 0.15) is 6.92 Å². The van der Waals surface area contributed by atoms with Gasteiger partial charge in [-0.2, -0.15) is 0 Å². The quantitative estimate of drug-likeness (QED) is 0.783. The molecule has 0 amide bonds. The average Bonchev–Trinajstić information content (AvgIpc) is 2.56. The Morgan fingerprint density at radius 3 is 2.73 bits per heavy atom. The Morgan fingerprint density at radius 2 is 1.95 bits per heavy atom. The van der Waals surface area contributed by atoms with E-state index in [4.69, 9.17) is 9.72 Å². The number of methoxy groups -OCH3 is 1. The number of rotatable bonds is 5. The van der Waals surface area contributed by atoms with Crippen LogP contribution in [0.15, 0.2) is 48.8 Å². The molecule has 0 aliphatic rings. The van der Waals surface area contributed by atoms with E-state index in [1.165, 1.54) is 0 Å². The molecule has 0 aliphatic carbocycles. The van der Waals surface area contributed by atoms with Crippen LogP contribution in [0.2, 0.25) is 0 Å². The van der Waals surface area contributed by atoms with Crippen molar-refractivity contribution in [1.29, 1.82) is 0 Å². The third kappa shape index (κ3) is 3.04. The summed E-state index contributed by atoms with van der Waals surface area (Å²) in [6.07, 6.45) is 3.55. The Hall–Kier alpha value is -2.53. The minimum absolute atomic E-state index is 0.153. The lowest BCUT2D eigenvalue weighted by molar-refractivity contribution is 0.190. The lowest BCUT2D eigenvalue weighted by atomic mass is 10.1. The van der Waals surface area contributed by atoms with Gasteiger partial charge in [-0.3, -0.25) is 9.97 Å². The Bertz CT molecular complexity index is 761. The van der Waals surface area contributed by atoms with E-state index < -0.39 is 0 Å². The fraction of sp³-hybridized carbons (Fsp3) is 0.235. The third-order valence-electron chi connectivity index (χ3n) is 3.33. The number of aromatic nitrogens is 3. The molecule has 1 N–H and O–H groups in total. The Labute approximate surface area is 129 Å². The molecule has 1 atom stereocenters. The lowest BCUT2D eigenvalue weighted by Gasteiger charge is -2.16. The van der Waals surface area contributed by atoms with Crippen molar-refractivity contribution in [1.82, 2.24) is 15.0 Å². The molecule has 0 spiro atoms. The molecular formula is C17H18N4O. The highest BCUT2D eigenvalue weighted by Gasteiger charge is 2.11. The zero-order valence-electron chi connectivity index (χ0n) is 12.7. The third-order valence-corrected chi connectivity index (χ3v) is 3.33. The van der Waals surface area contributed by atoms with Crippen molar-refractivity contribution >= 4 is 16.7 Å². The van der Waals surface area contributed by atoms with Gasteiger partial charge in [0.2, 0.25) is 0 Å². The second-order valence-electron chi connectivity index (χ2n) is 5.14. The zero-order chi connectivity index (χ0) is 15.4. The van der Waals surface area contributed by atoms with Gasteiger partial charge in [0.15, 0.2) is 0 Å². The molecule has 22 heavy (non-hydrogen) atoms. The van der Waals surface area contributed by atoms with Gasteiger partial charge >= 0.3 is 0 Å². The van der Waals surface area contributed by atoms with Crippen LogP contribution in [0.3, 0.4) is 0 Å². The molecule has 0 fully saturated rings. The molecule has 3 rings (SSSR count). The van der Waals surface area contributed by atoms with Gasteiger partial charge in [-0.05, 0) is 37.3 Å². The fourth-order valence-corrected chi connectivity index (χ4v) is 2.36. The molecule has 112 valence electrons. The molecule has 3 heterocycles. The molecule has 0 aliphatic heterocycles. The van der Waals surface area contributed by atoms with Gasteiger partial charge in [-0.1, -0.05) is 6.07 Å². The summed E-state index contributed by atoms with van der Waals surface area (Å²) < 4.78 is 5.18. The first-order valence-corrected chi connectivity index (χ1v) is 7.20. The Balaban J connectivity index is 2.08. The van der Waals surface area contributed by atoms with E-state index in [9.17, 15) is 0 Å². The number of nitrogens with zero attached hydrogens (tertiary/aromatic N) is 3. The summed E-state index contributed by atoms with van der Waals surface area (Å²) in [7, 11) is 1.69. The van der Waals surface area contributed by atoms with Gasteiger partial charge in [-0.25, -0.2) is 4.98 Å². The fourth-order valence-electron chi connectivity index (χ4n) is 2.36. The van der Waals surface area contributed by atoms with Crippen LogP contribution in [-0.2, 0) is 4.74 Å². The van der Waals surface area contributed by atoms with E-state index in [0.29, 0.717) is 6.61 Å². The van der Waals surface area contributed by atoms with E-state index in [-0.39, 0.29) is 6.04 Å². The number of ether oxygens (including phenoxy) is 1. The van der Waals surface area contributed by atoms with Gasteiger partial charge in [0, 0.05) is 30.9 Å². The molecular weight excluding hydrogens is 276 g/mol. The van der Waals surface area contributed by atoms with E-state index in [2.05, 4.69) is 22.2 Å². The topological polar surface area (TPSA) is 59.9 Å². The zero-order valence-corrected chi connectivity index (χ0v) is 12.7. The number of anilines is 1. The first-order valence-electron chi connectivity index (χ1n) is 7.20. The molecule has 0 unspecified atom stereocenters. The smallest absolute Gasteiger partial charge is 0.136 e. The minimum atomic E-state index is 0.153. The van der Waals surface area contributed by atoms with Gasteiger partial charge in [-0.15, -0.1) is 0 Å². The van der Waals surface area contributed by atoms with Crippen LogP contribution >= 0.6 is 0 Å². The summed E-state index contributed by atoms with van der Waals surface area (Å²) >= 11 is 0. The van der Waals surface area contributed by atoms with Crippen molar-refractivity contribution in [2.75, 3.05) is 19.0 Å². The van der Waals surface area contributed by atoms with Crippen LogP contribution < -0.4 is 5.32 Å². The van der Waals surface area contributed by atoms with Crippen molar-refractivity contribution < 1.29 is 4.74 Å². The number of pyridine rings is 3. The predicted molar refractivity (Wildman–Crippen MR) is 87.7 cm³/mol. The van der Waals surface area contributed by atoms with Crippen molar-refractivity contribution in [2.24, 2.45) is 0 Å². The maximum Gasteiger partial charge on any atom is 0.136 e. The highest BCUT2D eigenvalue weighted by Crippen LogP contribution is 2.25. The van der Waals surface area contributed by atoms with Gasteiger partial charge in [0.25, 0.3) is 0 Å². The second kappa shape index (κ2) is 6.49. The van der Waals surface area contributed by atoms with Gasteiger partial charge in [0.1, 0.15) is 5.82 Å². The molecule has 0 saturated heterocycles. The maximum absolute atomic E-state index is 5.18. The van der Waals surface area contributed by atoms with Crippen LogP contribution in [0, 0.1) is 0 Å². The summed E-state index contributed by atoms with van der Waals surface area (Å²) in [5.74, 6) is 0.802. The Kier molecular flexibility index (Phi) is 4.25. The number of fused-ring (bicyclic) bond motifs is 1. The molecule has 5 heteroatoms. The van der Waals surface area contributed by atoms with Gasteiger partial charge in [0.05, 0.1) is 23.5 Å². The summed E-state index contributed by atoms with van der Waals surface area (Å²) in [4.78, 5) is 13.5. The summed E-state index contributed by atoms with van der Waals surface area (Å²) in [6.45, 7) is 2.66. The highest BCUT2D eigenvalue weighted by molar-refractivity contribution is 5.91. The second-order valence-corrected chi connectivity index (χ2v) is 5.14. The first kappa shape index (κ1) is 14.4. The van der Waals surface area contributed by atoms with Crippen molar-refractivity contribution in [3.05, 3.63) is 48.8 Å². The van der Waals surface area contributed by atoms with E-state index in [1.807, 2.05) is 36.4 Å². The van der Waals surface area contributed by atoms with E-state index in [0.717, 1.165) is 28.1 Å². The standard InChI is InChI=1S/C17H18N4O/c1-12(11-22-2)20-17-13-6-5-9-19-15(13)10-16(21-17)14-7-3-4-8-18-14/h3-10,12H,11H2,1-2H3,(H,20,21)/t12-/m0/s1. The summed E-state index contributed by atoms with van der Waals surface area (Å²) in [6, 6.07) is 11.8. The van der Waals surface area contributed by atoms with Gasteiger partial charge < -0.3 is 10.1 Å². The monoisotopic (exact) mass is 294 g/mol. The number of hydrogen-bond donors (Lipinski definition) is 1. The molecule has 0 bridgehead atoms. The van der Waals surface area contributed by atoms with Crippen LogP contribution in [0.4, 0.5) is 5.82 Å². The van der Waals surface area contributed by atoms with Crippen molar-refractivity contribution in [3.8, 4) is 11.4 Å². The maximum atomic E-state index is 5.18. The summed E-state index contributed by atoms with van der Waals surface area (Å²) in [5.41, 5.74) is 2.53. The average molecular weight is 294 g/mol. The predicted octanol–water partition coefficient (Wildman–Crippen LogP) is 3.14. The Morgan fingerprint density at radius 1 is 1.09 bits per heavy atom. The number of hydrogen-bond acceptors (Lipinski definition) is 5. The molecule has 3 aromatic rings. The normalized spacial score (nSPS) is 12.3. The molecule has 0 aromatic carbocycles. The lowest BCUT2D eigenvalue weighted by Crippen LogP contribution is -2.21. The summed E-state index contributed by atoms with van der Waals surface area (Å²) in [5, 5.41) is 4.38. The van der Waals surface area contributed by atoms with Crippen LogP contribution in [0.25, 0.3) is 22.3 Å². The van der Waals surface area contributed by atoms with Crippen LogP contribution in [0.5, 0.6) is 0 Å². The molecule has 0 saturated carbocycles. The molecule has 3 aromatic heterocycles. The molecule has 0 radical (unpaired) electrons. The largest absolute Gasteiger partial charge is 0.383 e. The highest BCUT2D eigenvalue weighted by atomic mass is 16.5. The van der Waals surface area contributed by atoms with Crippen molar-refractivity contribution in [2.45, 2.75) is 13.0 Å². The van der Waals surface area contributed by atoms with E-state index >= 15 is 0 Å². The first-order chi connectivity index (χ1) is 10.8. The van der Waals surface area contributed by atoms with Crippen LogP contribution in [-0.4, -0.2) is 34.7 Å². The van der Waals surface area contributed by atoms with Crippen molar-refractivity contribution in [3.63, 3.8) is 0 Å². The van der Waals surface area contributed by atoms with E-state index in [1.54, 1.807) is 19.5 Å². The number of nitrogens with one attached hydrogen (secondary N) is 1. The SMILES string of the molecule is COC[C@H](C)Nc1nc(-c2ccccn2)cc2ncccc12. The minimum Gasteiger partial charge on any atom is -0.383 e. The molecule has 5 nitrogen and oxygen atoms in total.